The molecule has 1 aromatic carbocycles. The summed E-state index contributed by atoms with van der Waals surface area (Å²) >= 11 is 2.66. The van der Waals surface area contributed by atoms with Crippen LogP contribution in [0.2, 0.25) is 0 Å². The molecule has 2 N–H and O–H groups in total. The highest BCUT2D eigenvalue weighted by atomic mass is 32.2. The molecule has 0 radical (unpaired) electrons. The largest absolute Gasteiger partial charge is 0.325 e. The zero-order valence-corrected chi connectivity index (χ0v) is 15.2. The predicted octanol–water partition coefficient (Wildman–Crippen LogP) is 3.64. The highest BCUT2D eigenvalue weighted by molar-refractivity contribution is 7.99. The number of anilines is 1. The molecule has 0 saturated carbocycles. The van der Waals surface area contributed by atoms with Crippen LogP contribution in [0.3, 0.4) is 0 Å². The van der Waals surface area contributed by atoms with E-state index in [1.807, 2.05) is 44.4 Å². The molecule has 0 aliphatic carbocycles. The fourth-order valence-electron chi connectivity index (χ4n) is 2.46. The number of nitrogens with one attached hydrogen (secondary N) is 2. The van der Waals surface area contributed by atoms with Crippen LogP contribution in [0.4, 0.5) is 5.69 Å². The molecule has 0 fully saturated rings. The SMILES string of the molecule is Cc1cccc(C)c1NC(=O)CSc1nc2scc(C)c2c(=O)[nH]1. The topological polar surface area (TPSA) is 74.8 Å². The lowest BCUT2D eigenvalue weighted by atomic mass is 10.1. The average Bonchev–Trinajstić information content (AvgIpc) is 2.91. The highest BCUT2D eigenvalue weighted by Crippen LogP contribution is 2.23. The van der Waals surface area contributed by atoms with Crippen molar-refractivity contribution in [2.24, 2.45) is 0 Å². The predicted molar refractivity (Wildman–Crippen MR) is 100 cm³/mol. The highest BCUT2D eigenvalue weighted by Gasteiger charge is 2.11. The van der Waals surface area contributed by atoms with E-state index in [2.05, 4.69) is 15.3 Å². The van der Waals surface area contributed by atoms with Crippen LogP contribution in [-0.4, -0.2) is 21.6 Å². The Balaban J connectivity index is 1.72. The van der Waals surface area contributed by atoms with E-state index in [0.717, 1.165) is 22.4 Å². The molecule has 24 heavy (non-hydrogen) atoms. The first-order valence-electron chi connectivity index (χ1n) is 7.42. The van der Waals surface area contributed by atoms with Crippen molar-refractivity contribution in [1.29, 1.82) is 0 Å². The number of aromatic amines is 1. The Bertz CT molecular complexity index is 955. The summed E-state index contributed by atoms with van der Waals surface area (Å²) in [6.45, 7) is 5.81. The zero-order valence-electron chi connectivity index (χ0n) is 13.6. The molecule has 124 valence electrons. The second-order valence-corrected chi connectivity index (χ2v) is 7.40. The van der Waals surface area contributed by atoms with Crippen LogP contribution in [0.1, 0.15) is 16.7 Å². The summed E-state index contributed by atoms with van der Waals surface area (Å²) in [4.78, 5) is 32.2. The van der Waals surface area contributed by atoms with Gasteiger partial charge in [-0.05, 0) is 42.8 Å². The van der Waals surface area contributed by atoms with Gasteiger partial charge in [0, 0.05) is 5.69 Å². The summed E-state index contributed by atoms with van der Waals surface area (Å²) in [6.07, 6.45) is 0. The van der Waals surface area contributed by atoms with Gasteiger partial charge in [-0.3, -0.25) is 9.59 Å². The molecule has 0 bridgehead atoms. The minimum Gasteiger partial charge on any atom is -0.325 e. The van der Waals surface area contributed by atoms with E-state index < -0.39 is 0 Å². The smallest absolute Gasteiger partial charge is 0.260 e. The van der Waals surface area contributed by atoms with E-state index in [1.165, 1.54) is 23.1 Å². The molecule has 0 spiro atoms. The second kappa shape index (κ2) is 6.78. The number of aryl methyl sites for hydroxylation is 3. The lowest BCUT2D eigenvalue weighted by Crippen LogP contribution is -2.16. The minimum absolute atomic E-state index is 0.123. The van der Waals surface area contributed by atoms with Crippen molar-refractivity contribution >= 4 is 44.9 Å². The molecular formula is C17H17N3O2S2. The van der Waals surface area contributed by atoms with E-state index in [0.29, 0.717) is 15.4 Å². The number of rotatable bonds is 4. The van der Waals surface area contributed by atoms with Crippen LogP contribution in [0, 0.1) is 20.8 Å². The van der Waals surface area contributed by atoms with Crippen molar-refractivity contribution < 1.29 is 4.79 Å². The third-order valence-corrected chi connectivity index (χ3v) is 5.56. The van der Waals surface area contributed by atoms with E-state index in [1.54, 1.807) is 0 Å². The summed E-state index contributed by atoms with van der Waals surface area (Å²) in [7, 11) is 0. The molecule has 3 aromatic rings. The van der Waals surface area contributed by atoms with Gasteiger partial charge in [0.2, 0.25) is 5.91 Å². The molecule has 0 aliphatic heterocycles. The molecule has 2 heterocycles. The molecule has 2 aromatic heterocycles. The van der Waals surface area contributed by atoms with Crippen molar-refractivity contribution in [3.63, 3.8) is 0 Å². The first-order chi connectivity index (χ1) is 11.5. The number of thioether (sulfide) groups is 1. The van der Waals surface area contributed by atoms with Crippen LogP contribution in [0.15, 0.2) is 33.5 Å². The van der Waals surface area contributed by atoms with Gasteiger partial charge < -0.3 is 10.3 Å². The summed E-state index contributed by atoms with van der Waals surface area (Å²) in [6, 6.07) is 5.88. The van der Waals surface area contributed by atoms with E-state index in [9.17, 15) is 9.59 Å². The van der Waals surface area contributed by atoms with Crippen LogP contribution < -0.4 is 10.9 Å². The monoisotopic (exact) mass is 359 g/mol. The average molecular weight is 359 g/mol. The third kappa shape index (κ3) is 3.37. The Morgan fingerprint density at radius 3 is 2.67 bits per heavy atom. The van der Waals surface area contributed by atoms with Crippen molar-refractivity contribution in [3.05, 3.63) is 50.6 Å². The fraction of sp³-hybridized carbons (Fsp3) is 0.235. The number of benzene rings is 1. The summed E-state index contributed by atoms with van der Waals surface area (Å²) in [5.41, 5.74) is 3.66. The Morgan fingerprint density at radius 2 is 1.96 bits per heavy atom. The van der Waals surface area contributed by atoms with Crippen molar-refractivity contribution in [2.75, 3.05) is 11.1 Å². The van der Waals surface area contributed by atoms with Crippen LogP contribution in [0.25, 0.3) is 10.2 Å². The number of hydrogen-bond donors (Lipinski definition) is 2. The number of thiophene rings is 1. The number of hydrogen-bond acceptors (Lipinski definition) is 5. The lowest BCUT2D eigenvalue weighted by molar-refractivity contribution is -0.113. The van der Waals surface area contributed by atoms with Gasteiger partial charge in [-0.25, -0.2) is 4.98 Å². The lowest BCUT2D eigenvalue weighted by Gasteiger charge is -2.11. The first kappa shape index (κ1) is 16.7. The standard InChI is InChI=1S/C17H17N3O2S2/c1-9-5-4-6-10(2)14(9)18-12(21)8-24-17-19-15(22)13-11(3)7-23-16(13)20-17/h4-7H,8H2,1-3H3,(H,18,21)(H,19,20,22). The zero-order chi connectivity index (χ0) is 17.3. The van der Waals surface area contributed by atoms with Gasteiger partial charge in [0.25, 0.3) is 5.56 Å². The maximum absolute atomic E-state index is 12.2. The number of aromatic nitrogens is 2. The number of fused-ring (bicyclic) bond motifs is 1. The van der Waals surface area contributed by atoms with E-state index in [4.69, 9.17) is 0 Å². The molecule has 1 amide bonds. The van der Waals surface area contributed by atoms with Crippen molar-refractivity contribution in [1.82, 2.24) is 9.97 Å². The second-order valence-electron chi connectivity index (χ2n) is 5.57. The van der Waals surface area contributed by atoms with Gasteiger partial charge in [-0.1, -0.05) is 30.0 Å². The van der Waals surface area contributed by atoms with Crippen molar-refractivity contribution in [2.45, 2.75) is 25.9 Å². The summed E-state index contributed by atoms with van der Waals surface area (Å²) in [5, 5.41) is 5.93. The Morgan fingerprint density at radius 1 is 1.25 bits per heavy atom. The first-order valence-corrected chi connectivity index (χ1v) is 9.29. The summed E-state index contributed by atoms with van der Waals surface area (Å²) in [5.74, 6) is 0.0644. The van der Waals surface area contributed by atoms with Crippen molar-refractivity contribution in [3.8, 4) is 0 Å². The molecule has 0 unspecified atom stereocenters. The molecule has 0 saturated heterocycles. The Kier molecular flexibility index (Phi) is 4.73. The van der Waals surface area contributed by atoms with Gasteiger partial charge in [0.1, 0.15) is 4.83 Å². The normalized spacial score (nSPS) is 11.0. The number of carbonyl (C=O) groups excluding carboxylic acids is 1. The number of carbonyl (C=O) groups is 1. The maximum Gasteiger partial charge on any atom is 0.260 e. The third-order valence-electron chi connectivity index (χ3n) is 3.69. The molecular weight excluding hydrogens is 342 g/mol. The fourth-order valence-corrected chi connectivity index (χ4v) is 4.10. The maximum atomic E-state index is 12.2. The van der Waals surface area contributed by atoms with E-state index >= 15 is 0 Å². The summed E-state index contributed by atoms with van der Waals surface area (Å²) < 4.78 is 0. The molecule has 7 heteroatoms. The quantitative estimate of drug-likeness (QED) is 0.551. The molecule has 5 nitrogen and oxygen atoms in total. The van der Waals surface area contributed by atoms with Crippen LogP contribution >= 0.6 is 23.1 Å². The van der Waals surface area contributed by atoms with Gasteiger partial charge in [0.15, 0.2) is 5.16 Å². The van der Waals surface area contributed by atoms with Crippen LogP contribution in [0.5, 0.6) is 0 Å². The van der Waals surface area contributed by atoms with Gasteiger partial charge in [0.05, 0.1) is 11.1 Å². The molecule has 3 rings (SSSR count). The van der Waals surface area contributed by atoms with E-state index in [-0.39, 0.29) is 17.2 Å². The minimum atomic E-state index is -0.156. The van der Waals surface area contributed by atoms with Crippen LogP contribution in [-0.2, 0) is 4.79 Å². The van der Waals surface area contributed by atoms with Gasteiger partial charge >= 0.3 is 0 Å². The Hall–Kier alpha value is -2.12. The number of amides is 1. The van der Waals surface area contributed by atoms with Gasteiger partial charge in [-0.15, -0.1) is 11.3 Å². The van der Waals surface area contributed by atoms with Gasteiger partial charge in [-0.2, -0.15) is 0 Å². The Labute approximate surface area is 147 Å². The molecule has 0 atom stereocenters. The molecule has 0 aliphatic rings. The number of para-hydroxylation sites is 1. The number of nitrogens with zero attached hydrogens (tertiary/aromatic N) is 1. The number of H-pyrrole nitrogens is 1.